The van der Waals surface area contributed by atoms with Crippen molar-refractivity contribution in [2.45, 2.75) is 33.7 Å². The maximum Gasteiger partial charge on any atom is 0.296 e. The number of anilines is 1. The summed E-state index contributed by atoms with van der Waals surface area (Å²) in [4.78, 5) is 32.9. The number of benzene rings is 2. The van der Waals surface area contributed by atoms with E-state index in [9.17, 15) is 14.7 Å². The maximum atomic E-state index is 13.4. The van der Waals surface area contributed by atoms with E-state index < -0.39 is 23.5 Å². The molecule has 0 spiro atoms. The van der Waals surface area contributed by atoms with Gasteiger partial charge in [-0.1, -0.05) is 47.2 Å². The van der Waals surface area contributed by atoms with Gasteiger partial charge in [-0.2, -0.15) is 0 Å². The fourth-order valence-corrected chi connectivity index (χ4v) is 5.42. The van der Waals surface area contributed by atoms with E-state index in [2.05, 4.69) is 0 Å². The molecule has 3 heterocycles. The predicted molar refractivity (Wildman–Crippen MR) is 128 cm³/mol. The number of aryl methyl sites for hydroxylation is 4. The number of amides is 1. The number of rotatable bonds is 4. The summed E-state index contributed by atoms with van der Waals surface area (Å²) in [6.07, 6.45) is 0. The molecule has 1 unspecified atom stereocenters. The molecule has 4 aromatic rings. The molecule has 0 bridgehead atoms. The van der Waals surface area contributed by atoms with Crippen LogP contribution in [0.25, 0.3) is 10.2 Å². The largest absolute Gasteiger partial charge is 0.503 e. The van der Waals surface area contributed by atoms with Crippen LogP contribution < -0.4 is 4.90 Å². The van der Waals surface area contributed by atoms with E-state index in [4.69, 9.17) is 9.40 Å². The minimum atomic E-state index is -0.821. The lowest BCUT2D eigenvalue weighted by molar-refractivity contribution is -0.117. The van der Waals surface area contributed by atoms with Gasteiger partial charge in [-0.15, -0.1) is 0 Å². The summed E-state index contributed by atoms with van der Waals surface area (Å²) in [5.41, 5.74) is 4.65. The Balaban J connectivity index is 1.69. The van der Waals surface area contributed by atoms with Crippen LogP contribution in [0.5, 0.6) is 0 Å². The van der Waals surface area contributed by atoms with E-state index in [-0.39, 0.29) is 11.3 Å². The number of nitrogens with zero attached hydrogens (tertiary/aromatic N) is 2. The summed E-state index contributed by atoms with van der Waals surface area (Å²) in [5.74, 6) is -1.09. The fraction of sp³-hybridized carbons (Fsp3) is 0.192. The van der Waals surface area contributed by atoms with Gasteiger partial charge in [0.1, 0.15) is 5.76 Å². The molecule has 7 heteroatoms. The van der Waals surface area contributed by atoms with Crippen molar-refractivity contribution in [2.24, 2.45) is 0 Å². The molecule has 0 aliphatic carbocycles. The Morgan fingerprint density at radius 3 is 2.42 bits per heavy atom. The Labute approximate surface area is 194 Å². The molecule has 0 radical (unpaired) electrons. The lowest BCUT2D eigenvalue weighted by Crippen LogP contribution is -2.31. The number of aromatic nitrogens is 1. The first-order valence-corrected chi connectivity index (χ1v) is 11.4. The van der Waals surface area contributed by atoms with Gasteiger partial charge in [0.25, 0.3) is 5.91 Å². The number of Topliss-reactive ketones (excluding diaryl/α,β-unsaturated/α-hetero) is 1. The molecule has 33 heavy (non-hydrogen) atoms. The number of hydrogen-bond donors (Lipinski definition) is 1. The third-order valence-electron chi connectivity index (χ3n) is 5.83. The molecule has 2 aromatic heterocycles. The van der Waals surface area contributed by atoms with Crippen molar-refractivity contribution in [3.8, 4) is 0 Å². The van der Waals surface area contributed by atoms with Crippen LogP contribution in [0.4, 0.5) is 5.13 Å². The second-order valence-corrected chi connectivity index (χ2v) is 9.42. The number of furan rings is 1. The van der Waals surface area contributed by atoms with Crippen molar-refractivity contribution in [2.75, 3.05) is 4.90 Å². The summed E-state index contributed by atoms with van der Waals surface area (Å²) in [7, 11) is 0. The highest BCUT2D eigenvalue weighted by Crippen LogP contribution is 2.44. The van der Waals surface area contributed by atoms with Crippen LogP contribution in [-0.2, 0) is 4.79 Å². The van der Waals surface area contributed by atoms with Crippen LogP contribution in [0, 0.1) is 27.7 Å². The fourth-order valence-electron chi connectivity index (χ4n) is 4.25. The number of thiazole rings is 1. The van der Waals surface area contributed by atoms with Crippen LogP contribution >= 0.6 is 11.3 Å². The molecule has 1 aliphatic heterocycles. The van der Waals surface area contributed by atoms with Gasteiger partial charge in [-0.05, 0) is 62.6 Å². The normalized spacial score (nSPS) is 16.3. The molecular formula is C26H22N2O4S. The average Bonchev–Trinajstić information content (AvgIpc) is 3.45. The molecule has 1 atom stereocenters. The molecule has 0 saturated heterocycles. The quantitative estimate of drug-likeness (QED) is 0.385. The van der Waals surface area contributed by atoms with Crippen molar-refractivity contribution >= 4 is 38.4 Å². The van der Waals surface area contributed by atoms with Gasteiger partial charge in [-0.25, -0.2) is 4.98 Å². The Bertz CT molecular complexity index is 1460. The number of carbonyl (C=O) groups is 2. The second-order valence-electron chi connectivity index (χ2n) is 8.42. The van der Waals surface area contributed by atoms with Gasteiger partial charge in [0.2, 0.25) is 5.78 Å². The summed E-state index contributed by atoms with van der Waals surface area (Å²) >= 11 is 1.37. The SMILES string of the molecule is Cc1ccc(C2C(C(=O)c3ccc(C)o3)=C(O)C(=O)N2c2nc3c(C)cc(C)cc3s2)cc1. The van der Waals surface area contributed by atoms with Crippen molar-refractivity contribution in [1.29, 1.82) is 0 Å². The third-order valence-corrected chi connectivity index (χ3v) is 6.84. The molecule has 166 valence electrons. The van der Waals surface area contributed by atoms with Gasteiger partial charge in [0.05, 0.1) is 21.8 Å². The monoisotopic (exact) mass is 458 g/mol. The molecule has 6 nitrogen and oxygen atoms in total. The van der Waals surface area contributed by atoms with Crippen LogP contribution in [0.1, 0.15) is 44.6 Å². The first-order chi connectivity index (χ1) is 15.7. The Morgan fingerprint density at radius 2 is 1.76 bits per heavy atom. The number of hydrogen-bond acceptors (Lipinski definition) is 6. The van der Waals surface area contributed by atoms with E-state index in [1.54, 1.807) is 19.1 Å². The first-order valence-electron chi connectivity index (χ1n) is 10.6. The Morgan fingerprint density at radius 1 is 1.03 bits per heavy atom. The van der Waals surface area contributed by atoms with E-state index in [1.807, 2.05) is 57.2 Å². The summed E-state index contributed by atoms with van der Waals surface area (Å²) in [6.45, 7) is 7.69. The van der Waals surface area contributed by atoms with Gasteiger partial charge in [0, 0.05) is 0 Å². The minimum absolute atomic E-state index is 0.00892. The highest BCUT2D eigenvalue weighted by atomic mass is 32.1. The third kappa shape index (κ3) is 3.45. The van der Waals surface area contributed by atoms with Crippen molar-refractivity contribution in [3.05, 3.63) is 93.6 Å². The van der Waals surface area contributed by atoms with Gasteiger partial charge < -0.3 is 9.52 Å². The van der Waals surface area contributed by atoms with Gasteiger partial charge in [0.15, 0.2) is 16.7 Å². The average molecular weight is 459 g/mol. The van der Waals surface area contributed by atoms with Gasteiger partial charge in [-0.3, -0.25) is 14.5 Å². The van der Waals surface area contributed by atoms with Crippen molar-refractivity contribution < 1.29 is 19.1 Å². The molecule has 1 amide bonds. The number of aliphatic hydroxyl groups is 1. The summed E-state index contributed by atoms with van der Waals surface area (Å²) < 4.78 is 6.47. The lowest BCUT2D eigenvalue weighted by atomic mass is 9.94. The smallest absolute Gasteiger partial charge is 0.296 e. The molecule has 1 aliphatic rings. The molecule has 0 fully saturated rings. The zero-order valence-corrected chi connectivity index (χ0v) is 19.5. The molecule has 1 N–H and O–H groups in total. The van der Waals surface area contributed by atoms with Crippen LogP contribution in [-0.4, -0.2) is 21.8 Å². The predicted octanol–water partition coefficient (Wildman–Crippen LogP) is 5.91. The summed E-state index contributed by atoms with van der Waals surface area (Å²) in [5, 5.41) is 11.3. The van der Waals surface area contributed by atoms with Crippen LogP contribution in [0.15, 0.2) is 64.3 Å². The summed E-state index contributed by atoms with van der Waals surface area (Å²) in [6, 6.07) is 14.0. The molecular weight excluding hydrogens is 436 g/mol. The minimum Gasteiger partial charge on any atom is -0.503 e. The molecule has 0 saturated carbocycles. The number of ketones is 1. The molecule has 2 aromatic carbocycles. The van der Waals surface area contributed by atoms with Crippen LogP contribution in [0.2, 0.25) is 0 Å². The first kappa shape index (κ1) is 21.2. The number of carbonyl (C=O) groups excluding carboxylic acids is 2. The topological polar surface area (TPSA) is 83.6 Å². The second kappa shape index (κ2) is 7.71. The highest BCUT2D eigenvalue weighted by Gasteiger charge is 2.46. The van der Waals surface area contributed by atoms with E-state index >= 15 is 0 Å². The lowest BCUT2D eigenvalue weighted by Gasteiger charge is -2.24. The van der Waals surface area contributed by atoms with Gasteiger partial charge >= 0.3 is 0 Å². The van der Waals surface area contributed by atoms with Crippen LogP contribution in [0.3, 0.4) is 0 Å². The van der Waals surface area contributed by atoms with E-state index in [1.165, 1.54) is 16.2 Å². The Kier molecular flexibility index (Phi) is 4.94. The zero-order valence-electron chi connectivity index (χ0n) is 18.7. The van der Waals surface area contributed by atoms with Crippen molar-refractivity contribution in [3.63, 3.8) is 0 Å². The van der Waals surface area contributed by atoms with E-state index in [0.717, 1.165) is 26.9 Å². The number of aliphatic hydroxyl groups excluding tert-OH is 1. The standard InChI is InChI=1S/C26H22N2O4S/c1-13-5-8-17(9-6-13)22-20(23(29)18-10-7-16(4)32-18)24(30)25(31)28(22)26-27-21-15(3)11-14(2)12-19(21)33-26/h5-12,22,30H,1-4H3. The van der Waals surface area contributed by atoms with E-state index in [0.29, 0.717) is 16.5 Å². The molecule has 5 rings (SSSR count). The number of fused-ring (bicyclic) bond motifs is 1. The highest BCUT2D eigenvalue weighted by molar-refractivity contribution is 7.22. The maximum absolute atomic E-state index is 13.4. The zero-order chi connectivity index (χ0) is 23.4. The Hall–Kier alpha value is -3.71. The van der Waals surface area contributed by atoms with Crippen molar-refractivity contribution in [1.82, 2.24) is 4.98 Å².